The molecule has 92 valence electrons. The monoisotopic (exact) mass is 226 g/mol. The van der Waals surface area contributed by atoms with Crippen LogP contribution in [0.15, 0.2) is 0 Å². The van der Waals surface area contributed by atoms with Gasteiger partial charge in [0.05, 0.1) is 6.10 Å². The van der Waals surface area contributed by atoms with Crippen LogP contribution < -0.4 is 11.1 Å². The molecule has 0 bridgehead atoms. The van der Waals surface area contributed by atoms with Gasteiger partial charge < -0.3 is 15.8 Å². The van der Waals surface area contributed by atoms with Crippen LogP contribution in [0, 0.1) is 5.92 Å². The van der Waals surface area contributed by atoms with Crippen molar-refractivity contribution in [2.45, 2.75) is 50.7 Å². The second-order valence-corrected chi connectivity index (χ2v) is 5.02. The van der Waals surface area contributed by atoms with E-state index < -0.39 is 0 Å². The Bertz CT molecular complexity index is 227. The van der Waals surface area contributed by atoms with Crippen LogP contribution in [-0.2, 0) is 9.53 Å². The molecule has 0 saturated heterocycles. The molecule has 0 aromatic rings. The summed E-state index contributed by atoms with van der Waals surface area (Å²) in [6.07, 6.45) is 7.43. The smallest absolute Gasteiger partial charge is 0.246 e. The Morgan fingerprint density at radius 3 is 2.62 bits per heavy atom. The zero-order chi connectivity index (χ0) is 11.4. The van der Waals surface area contributed by atoms with Gasteiger partial charge in [-0.1, -0.05) is 12.8 Å². The van der Waals surface area contributed by atoms with E-state index in [9.17, 15) is 4.79 Å². The minimum absolute atomic E-state index is 0.0250. The third kappa shape index (κ3) is 3.76. The molecule has 3 N–H and O–H groups in total. The van der Waals surface area contributed by atoms with E-state index in [-0.39, 0.29) is 18.6 Å². The first-order valence-corrected chi connectivity index (χ1v) is 6.39. The van der Waals surface area contributed by atoms with Gasteiger partial charge in [0.1, 0.15) is 6.61 Å². The van der Waals surface area contributed by atoms with Gasteiger partial charge in [0, 0.05) is 12.6 Å². The molecule has 1 atom stereocenters. The van der Waals surface area contributed by atoms with Crippen molar-refractivity contribution in [1.29, 1.82) is 0 Å². The van der Waals surface area contributed by atoms with Crippen LogP contribution in [0.1, 0.15) is 38.5 Å². The molecule has 4 heteroatoms. The number of nitrogens with one attached hydrogen (secondary N) is 1. The molecule has 1 amide bonds. The topological polar surface area (TPSA) is 64.3 Å². The second-order valence-electron chi connectivity index (χ2n) is 5.02. The first-order valence-electron chi connectivity index (χ1n) is 6.39. The fourth-order valence-electron chi connectivity index (χ4n) is 2.22. The van der Waals surface area contributed by atoms with Crippen LogP contribution in [0.4, 0.5) is 0 Å². The van der Waals surface area contributed by atoms with E-state index in [0.717, 1.165) is 12.8 Å². The fourth-order valence-corrected chi connectivity index (χ4v) is 2.22. The van der Waals surface area contributed by atoms with Gasteiger partial charge in [-0.05, 0) is 31.6 Å². The third-order valence-electron chi connectivity index (χ3n) is 3.51. The molecule has 0 aliphatic heterocycles. The van der Waals surface area contributed by atoms with Crippen LogP contribution in [0.3, 0.4) is 0 Å². The summed E-state index contributed by atoms with van der Waals surface area (Å²) in [7, 11) is 0. The average Bonchev–Trinajstić information content (AvgIpc) is 3.01. The first-order chi connectivity index (χ1) is 7.75. The Balaban J connectivity index is 1.53. The average molecular weight is 226 g/mol. The molecule has 16 heavy (non-hydrogen) atoms. The van der Waals surface area contributed by atoms with Gasteiger partial charge >= 0.3 is 0 Å². The van der Waals surface area contributed by atoms with Gasteiger partial charge in [-0.25, -0.2) is 0 Å². The summed E-state index contributed by atoms with van der Waals surface area (Å²) < 4.78 is 5.52. The lowest BCUT2D eigenvalue weighted by molar-refractivity contribution is -0.127. The Kier molecular flexibility index (Phi) is 4.18. The Labute approximate surface area is 96.9 Å². The number of ether oxygens (including phenoxy) is 1. The largest absolute Gasteiger partial charge is 0.368 e. The van der Waals surface area contributed by atoms with Crippen molar-refractivity contribution in [3.8, 4) is 0 Å². The second kappa shape index (κ2) is 5.64. The summed E-state index contributed by atoms with van der Waals surface area (Å²) in [5.41, 5.74) is 5.89. The molecule has 0 heterocycles. The molecule has 1 unspecified atom stereocenters. The van der Waals surface area contributed by atoms with E-state index in [1.54, 1.807) is 0 Å². The maximum absolute atomic E-state index is 11.5. The van der Waals surface area contributed by atoms with Crippen molar-refractivity contribution in [3.63, 3.8) is 0 Å². The van der Waals surface area contributed by atoms with Crippen LogP contribution in [0.2, 0.25) is 0 Å². The van der Waals surface area contributed by atoms with E-state index >= 15 is 0 Å². The van der Waals surface area contributed by atoms with Crippen LogP contribution in [-0.4, -0.2) is 31.2 Å². The fraction of sp³-hybridized carbons (Fsp3) is 0.917. The van der Waals surface area contributed by atoms with Crippen molar-refractivity contribution in [2.24, 2.45) is 11.7 Å². The van der Waals surface area contributed by atoms with Crippen molar-refractivity contribution in [3.05, 3.63) is 0 Å². The maximum atomic E-state index is 11.5. The van der Waals surface area contributed by atoms with Gasteiger partial charge in [0.2, 0.25) is 5.91 Å². The van der Waals surface area contributed by atoms with E-state index in [0.29, 0.717) is 18.6 Å². The number of carbonyl (C=O) groups excluding carboxylic acids is 1. The molecule has 2 saturated carbocycles. The summed E-state index contributed by atoms with van der Waals surface area (Å²) in [5, 5.41) is 2.84. The quantitative estimate of drug-likeness (QED) is 0.704. The molecule has 2 aliphatic rings. The Hall–Kier alpha value is -0.610. The molecule has 0 aromatic heterocycles. The summed E-state index contributed by atoms with van der Waals surface area (Å²) in [6, 6.07) is 0.135. The third-order valence-corrected chi connectivity index (χ3v) is 3.51. The van der Waals surface area contributed by atoms with E-state index in [2.05, 4.69) is 5.32 Å². The maximum Gasteiger partial charge on any atom is 0.246 e. The summed E-state index contributed by atoms with van der Waals surface area (Å²) >= 11 is 0. The lowest BCUT2D eigenvalue weighted by atomic mass is 10.2. The van der Waals surface area contributed by atoms with Crippen LogP contribution in [0.25, 0.3) is 0 Å². The predicted octanol–water partition coefficient (Wildman–Crippen LogP) is 0.799. The lowest BCUT2D eigenvalue weighted by Crippen LogP contribution is -2.40. The molecule has 4 nitrogen and oxygen atoms in total. The van der Waals surface area contributed by atoms with Gasteiger partial charge in [0.15, 0.2) is 0 Å². The van der Waals surface area contributed by atoms with Crippen molar-refractivity contribution >= 4 is 5.91 Å². The van der Waals surface area contributed by atoms with Gasteiger partial charge in [0.25, 0.3) is 0 Å². The predicted molar refractivity (Wildman–Crippen MR) is 61.9 cm³/mol. The Morgan fingerprint density at radius 1 is 1.31 bits per heavy atom. The van der Waals surface area contributed by atoms with E-state index in [1.807, 2.05) is 0 Å². The number of nitrogens with two attached hydrogens (primary N) is 1. The molecule has 2 fully saturated rings. The van der Waals surface area contributed by atoms with E-state index in [1.165, 1.54) is 25.7 Å². The molecule has 0 spiro atoms. The van der Waals surface area contributed by atoms with Crippen molar-refractivity contribution in [2.75, 3.05) is 13.2 Å². The molecular formula is C12H22N2O2. The van der Waals surface area contributed by atoms with Gasteiger partial charge in [-0.3, -0.25) is 4.79 Å². The van der Waals surface area contributed by atoms with Gasteiger partial charge in [-0.2, -0.15) is 0 Å². The summed E-state index contributed by atoms with van der Waals surface area (Å²) in [6.45, 7) is 0.791. The lowest BCUT2D eigenvalue weighted by Gasteiger charge is -2.13. The van der Waals surface area contributed by atoms with Crippen molar-refractivity contribution in [1.82, 2.24) is 5.32 Å². The number of rotatable bonds is 6. The molecular weight excluding hydrogens is 204 g/mol. The highest BCUT2D eigenvalue weighted by Gasteiger charge is 2.28. The summed E-state index contributed by atoms with van der Waals surface area (Å²) in [5.74, 6) is 0.610. The van der Waals surface area contributed by atoms with E-state index in [4.69, 9.17) is 10.5 Å². The standard InChI is InChI=1S/C12H22N2O2/c13-11(9-5-6-9)7-14-12(15)8-16-10-3-1-2-4-10/h9-11H,1-8,13H2,(H,14,15). The molecule has 0 aromatic carbocycles. The summed E-state index contributed by atoms with van der Waals surface area (Å²) in [4.78, 5) is 11.5. The molecule has 0 radical (unpaired) electrons. The van der Waals surface area contributed by atoms with Crippen LogP contribution in [0.5, 0.6) is 0 Å². The zero-order valence-corrected chi connectivity index (χ0v) is 9.78. The number of amides is 1. The van der Waals surface area contributed by atoms with Crippen LogP contribution >= 0.6 is 0 Å². The normalized spacial score (nSPS) is 23.3. The highest BCUT2D eigenvalue weighted by atomic mass is 16.5. The highest BCUT2D eigenvalue weighted by molar-refractivity contribution is 5.77. The minimum atomic E-state index is -0.0250. The number of hydrogen-bond donors (Lipinski definition) is 2. The van der Waals surface area contributed by atoms with Crippen molar-refractivity contribution < 1.29 is 9.53 Å². The highest BCUT2D eigenvalue weighted by Crippen LogP contribution is 2.31. The molecule has 2 aliphatic carbocycles. The molecule has 2 rings (SSSR count). The first kappa shape index (κ1) is 11.9. The number of hydrogen-bond acceptors (Lipinski definition) is 3. The minimum Gasteiger partial charge on any atom is -0.368 e. The van der Waals surface area contributed by atoms with Gasteiger partial charge in [-0.15, -0.1) is 0 Å². The zero-order valence-electron chi connectivity index (χ0n) is 9.78. The Morgan fingerprint density at radius 2 is 2.00 bits per heavy atom. The SMILES string of the molecule is NC(CNC(=O)COC1CCCC1)C1CC1. The number of carbonyl (C=O) groups is 1.